The van der Waals surface area contributed by atoms with Gasteiger partial charge in [0.25, 0.3) is 0 Å². The van der Waals surface area contributed by atoms with E-state index in [2.05, 4.69) is 22.0 Å². The number of hydrogen-bond donors (Lipinski definition) is 1. The van der Waals surface area contributed by atoms with Gasteiger partial charge < -0.3 is 14.6 Å². The van der Waals surface area contributed by atoms with Gasteiger partial charge in [-0.3, -0.25) is 4.79 Å². The van der Waals surface area contributed by atoms with Crippen LogP contribution >= 0.6 is 0 Å². The normalized spacial score (nSPS) is 10.8. The molecule has 5 heteroatoms. The predicted molar refractivity (Wildman–Crippen MR) is 98.8 cm³/mol. The highest BCUT2D eigenvalue weighted by Crippen LogP contribution is 2.23. The highest BCUT2D eigenvalue weighted by Gasteiger charge is 2.12. The van der Waals surface area contributed by atoms with Gasteiger partial charge in [0.05, 0.1) is 24.7 Å². The number of carbonyl (C=O) groups is 1. The minimum Gasteiger partial charge on any atom is -0.496 e. The largest absolute Gasteiger partial charge is 0.496 e. The van der Waals surface area contributed by atoms with Crippen LogP contribution in [0.5, 0.6) is 5.75 Å². The molecule has 0 unspecified atom stereocenters. The van der Waals surface area contributed by atoms with Crippen LogP contribution in [0.3, 0.4) is 0 Å². The number of nitrogens with zero attached hydrogens (tertiary/aromatic N) is 2. The molecule has 25 heavy (non-hydrogen) atoms. The number of amides is 1. The Kier molecular flexibility index (Phi) is 5.33. The zero-order valence-electron chi connectivity index (χ0n) is 14.7. The molecule has 0 atom stereocenters. The van der Waals surface area contributed by atoms with Crippen molar-refractivity contribution in [2.24, 2.45) is 0 Å². The number of nitrogens with one attached hydrogen (secondary N) is 1. The number of fused-ring (bicyclic) bond motifs is 1. The lowest BCUT2D eigenvalue weighted by molar-refractivity contribution is -0.118. The fraction of sp³-hybridized carbons (Fsp3) is 0.300. The minimum absolute atomic E-state index is 0.00234. The smallest absolute Gasteiger partial charge is 0.216 e. The van der Waals surface area contributed by atoms with Crippen molar-refractivity contribution in [1.82, 2.24) is 14.9 Å². The third kappa shape index (κ3) is 3.99. The summed E-state index contributed by atoms with van der Waals surface area (Å²) in [5.41, 5.74) is 3.23. The van der Waals surface area contributed by atoms with Crippen molar-refractivity contribution >= 4 is 16.9 Å². The second-order valence-corrected chi connectivity index (χ2v) is 6.00. The van der Waals surface area contributed by atoms with Crippen molar-refractivity contribution < 1.29 is 9.53 Å². The molecule has 3 aromatic rings. The third-order valence-corrected chi connectivity index (χ3v) is 4.21. The molecule has 1 amide bonds. The maximum Gasteiger partial charge on any atom is 0.216 e. The summed E-state index contributed by atoms with van der Waals surface area (Å²) in [6.07, 6.45) is 1.67. The fourth-order valence-corrected chi connectivity index (χ4v) is 3.01. The molecule has 0 aliphatic heterocycles. The molecule has 0 aliphatic rings. The lowest BCUT2D eigenvalue weighted by atomic mass is 10.2. The Labute approximate surface area is 147 Å². The molecule has 0 spiro atoms. The first-order valence-corrected chi connectivity index (χ1v) is 8.49. The van der Waals surface area contributed by atoms with E-state index in [0.717, 1.165) is 41.0 Å². The van der Waals surface area contributed by atoms with Crippen molar-refractivity contribution in [3.8, 4) is 5.75 Å². The number of para-hydroxylation sites is 3. The Morgan fingerprint density at radius 3 is 2.72 bits per heavy atom. The van der Waals surface area contributed by atoms with E-state index in [9.17, 15) is 4.79 Å². The zero-order chi connectivity index (χ0) is 17.6. The first-order valence-electron chi connectivity index (χ1n) is 8.49. The number of ether oxygens (including phenoxy) is 1. The Bertz CT molecular complexity index is 870. The van der Waals surface area contributed by atoms with E-state index in [1.54, 1.807) is 7.11 Å². The van der Waals surface area contributed by atoms with Crippen molar-refractivity contribution in [3.05, 3.63) is 59.9 Å². The van der Waals surface area contributed by atoms with Gasteiger partial charge in [-0.15, -0.1) is 0 Å². The average Bonchev–Trinajstić information content (AvgIpc) is 2.97. The van der Waals surface area contributed by atoms with Gasteiger partial charge in [-0.25, -0.2) is 4.98 Å². The Morgan fingerprint density at radius 2 is 1.92 bits per heavy atom. The summed E-state index contributed by atoms with van der Waals surface area (Å²) >= 11 is 0. The van der Waals surface area contributed by atoms with Crippen LogP contribution < -0.4 is 10.1 Å². The van der Waals surface area contributed by atoms with Crippen LogP contribution in [-0.4, -0.2) is 29.1 Å². The SMILES string of the molecule is COc1ccccc1Cn1c(CCCNC(C)=O)nc2ccccc21. The van der Waals surface area contributed by atoms with E-state index in [0.29, 0.717) is 13.1 Å². The van der Waals surface area contributed by atoms with Crippen LogP contribution in [0.2, 0.25) is 0 Å². The van der Waals surface area contributed by atoms with Crippen LogP contribution in [0.4, 0.5) is 0 Å². The van der Waals surface area contributed by atoms with Gasteiger partial charge >= 0.3 is 0 Å². The summed E-state index contributed by atoms with van der Waals surface area (Å²) in [4.78, 5) is 15.8. The molecule has 130 valence electrons. The van der Waals surface area contributed by atoms with Crippen molar-refractivity contribution in [1.29, 1.82) is 0 Å². The maximum absolute atomic E-state index is 11.0. The first kappa shape index (κ1) is 17.0. The van der Waals surface area contributed by atoms with Gasteiger partial charge in [0, 0.05) is 25.5 Å². The number of aryl methyl sites for hydroxylation is 1. The van der Waals surface area contributed by atoms with E-state index >= 15 is 0 Å². The average molecular weight is 337 g/mol. The minimum atomic E-state index is 0.00234. The number of methoxy groups -OCH3 is 1. The van der Waals surface area contributed by atoms with E-state index in [4.69, 9.17) is 9.72 Å². The molecule has 0 bridgehead atoms. The number of carbonyl (C=O) groups excluding carboxylic acids is 1. The number of imidazole rings is 1. The van der Waals surface area contributed by atoms with E-state index in [-0.39, 0.29) is 5.91 Å². The van der Waals surface area contributed by atoms with Crippen molar-refractivity contribution in [2.75, 3.05) is 13.7 Å². The maximum atomic E-state index is 11.0. The van der Waals surface area contributed by atoms with E-state index in [1.165, 1.54) is 6.92 Å². The van der Waals surface area contributed by atoms with Crippen LogP contribution in [0.15, 0.2) is 48.5 Å². The molecular weight excluding hydrogens is 314 g/mol. The summed E-state index contributed by atoms with van der Waals surface area (Å²) in [5, 5.41) is 2.84. The van der Waals surface area contributed by atoms with Crippen LogP contribution in [0, 0.1) is 0 Å². The second kappa shape index (κ2) is 7.83. The monoisotopic (exact) mass is 337 g/mol. The molecule has 3 rings (SSSR count). The Hall–Kier alpha value is -2.82. The lowest BCUT2D eigenvalue weighted by Crippen LogP contribution is -2.21. The first-order chi connectivity index (χ1) is 12.2. The molecule has 0 aliphatic carbocycles. The second-order valence-electron chi connectivity index (χ2n) is 6.00. The highest BCUT2D eigenvalue weighted by molar-refractivity contribution is 5.76. The van der Waals surface area contributed by atoms with Crippen molar-refractivity contribution in [2.45, 2.75) is 26.3 Å². The summed E-state index contributed by atoms with van der Waals surface area (Å²) in [6, 6.07) is 16.2. The number of benzene rings is 2. The topological polar surface area (TPSA) is 56.1 Å². The van der Waals surface area contributed by atoms with E-state index < -0.39 is 0 Å². The molecular formula is C20H23N3O2. The molecule has 1 aromatic heterocycles. The summed E-state index contributed by atoms with van der Waals surface area (Å²) in [6.45, 7) is 2.91. The summed E-state index contributed by atoms with van der Waals surface area (Å²) in [7, 11) is 1.69. The molecule has 1 heterocycles. The zero-order valence-corrected chi connectivity index (χ0v) is 14.7. The predicted octanol–water partition coefficient (Wildman–Crippen LogP) is 3.16. The van der Waals surface area contributed by atoms with Crippen LogP contribution in [0.25, 0.3) is 11.0 Å². The molecule has 5 nitrogen and oxygen atoms in total. The van der Waals surface area contributed by atoms with Crippen molar-refractivity contribution in [3.63, 3.8) is 0 Å². The van der Waals surface area contributed by atoms with Crippen LogP contribution in [-0.2, 0) is 17.8 Å². The third-order valence-electron chi connectivity index (χ3n) is 4.21. The number of aromatic nitrogens is 2. The highest BCUT2D eigenvalue weighted by atomic mass is 16.5. The fourth-order valence-electron chi connectivity index (χ4n) is 3.01. The Morgan fingerprint density at radius 1 is 1.16 bits per heavy atom. The quantitative estimate of drug-likeness (QED) is 0.674. The molecule has 0 saturated heterocycles. The Balaban J connectivity index is 1.89. The lowest BCUT2D eigenvalue weighted by Gasteiger charge is -2.12. The van der Waals surface area contributed by atoms with Crippen LogP contribution in [0.1, 0.15) is 24.7 Å². The van der Waals surface area contributed by atoms with Gasteiger partial charge in [-0.2, -0.15) is 0 Å². The number of rotatable bonds is 7. The van der Waals surface area contributed by atoms with Gasteiger partial charge in [0.15, 0.2) is 0 Å². The molecule has 0 saturated carbocycles. The van der Waals surface area contributed by atoms with E-state index in [1.807, 2.05) is 36.4 Å². The molecule has 1 N–H and O–H groups in total. The molecule has 0 fully saturated rings. The van der Waals surface area contributed by atoms with Gasteiger partial charge in [0.1, 0.15) is 11.6 Å². The summed E-state index contributed by atoms with van der Waals surface area (Å²) < 4.78 is 7.73. The molecule has 2 aromatic carbocycles. The van der Waals surface area contributed by atoms with Gasteiger partial charge in [0.2, 0.25) is 5.91 Å². The summed E-state index contributed by atoms with van der Waals surface area (Å²) in [5.74, 6) is 1.91. The van der Waals surface area contributed by atoms with Gasteiger partial charge in [-0.05, 0) is 24.6 Å². The van der Waals surface area contributed by atoms with Gasteiger partial charge in [-0.1, -0.05) is 30.3 Å². The standard InChI is InChI=1S/C20H23N3O2/c1-15(24)21-13-7-12-20-22-17-9-4-5-10-18(17)23(20)14-16-8-3-6-11-19(16)25-2/h3-6,8-11H,7,12-14H2,1-2H3,(H,21,24). The number of hydrogen-bond acceptors (Lipinski definition) is 3. The molecule has 0 radical (unpaired) electrons.